The average molecular weight is 242 g/mol. The van der Waals surface area contributed by atoms with Crippen LogP contribution in [0.15, 0.2) is 12.1 Å². The molecule has 1 heterocycles. The van der Waals surface area contributed by atoms with Gasteiger partial charge in [0.1, 0.15) is 0 Å². The monoisotopic (exact) mass is 242 g/mol. The lowest BCUT2D eigenvalue weighted by molar-refractivity contribution is -0.167. The number of thiophene rings is 1. The fraction of sp³-hybridized carbons (Fsp3) is 0.400. The maximum Gasteiger partial charge on any atom is 0.265 e. The molecule has 0 bridgehead atoms. The third-order valence-corrected chi connectivity index (χ3v) is 2.99. The summed E-state index contributed by atoms with van der Waals surface area (Å²) in [5, 5.41) is 3.60. The molecular formula is C10H14N2O3S. The SMILES string of the molecule is CON(C)C(=O)CNC(=O)c1ccc(C)s1. The normalized spacial score (nSPS) is 9.94. The number of nitrogens with one attached hydrogen (secondary N) is 1. The summed E-state index contributed by atoms with van der Waals surface area (Å²) >= 11 is 1.39. The predicted octanol–water partition coefficient (Wildman–Crippen LogP) is 0.806. The van der Waals surface area contributed by atoms with E-state index in [1.54, 1.807) is 6.07 Å². The van der Waals surface area contributed by atoms with Crippen molar-refractivity contribution in [2.45, 2.75) is 6.92 Å². The first-order valence-corrected chi connectivity index (χ1v) is 5.51. The molecule has 0 spiro atoms. The second-order valence-electron chi connectivity index (χ2n) is 3.17. The number of carbonyl (C=O) groups excluding carboxylic acids is 2. The largest absolute Gasteiger partial charge is 0.342 e. The Balaban J connectivity index is 2.44. The van der Waals surface area contributed by atoms with Gasteiger partial charge in [0.2, 0.25) is 0 Å². The van der Waals surface area contributed by atoms with Crippen LogP contribution in [-0.4, -0.2) is 37.6 Å². The lowest BCUT2D eigenvalue weighted by Crippen LogP contribution is -2.37. The van der Waals surface area contributed by atoms with Crippen LogP contribution in [0, 0.1) is 6.92 Å². The number of hydrogen-bond donors (Lipinski definition) is 1. The van der Waals surface area contributed by atoms with Gasteiger partial charge in [0.25, 0.3) is 11.8 Å². The Hall–Kier alpha value is -1.40. The molecule has 0 atom stereocenters. The molecule has 0 aliphatic rings. The van der Waals surface area contributed by atoms with Gasteiger partial charge in [0.05, 0.1) is 18.5 Å². The van der Waals surface area contributed by atoms with E-state index in [0.29, 0.717) is 4.88 Å². The molecule has 1 rings (SSSR count). The molecule has 1 aromatic rings. The minimum atomic E-state index is -0.302. The van der Waals surface area contributed by atoms with Gasteiger partial charge in [-0.3, -0.25) is 14.4 Å². The minimum Gasteiger partial charge on any atom is -0.342 e. The fourth-order valence-corrected chi connectivity index (χ4v) is 1.80. The average Bonchev–Trinajstić information content (AvgIpc) is 2.71. The Morgan fingerprint density at radius 1 is 1.50 bits per heavy atom. The molecule has 6 heteroatoms. The van der Waals surface area contributed by atoms with E-state index >= 15 is 0 Å². The van der Waals surface area contributed by atoms with E-state index in [1.165, 1.54) is 25.5 Å². The predicted molar refractivity (Wildman–Crippen MR) is 61.2 cm³/mol. The molecule has 0 fully saturated rings. The lowest BCUT2D eigenvalue weighted by atomic mass is 10.4. The van der Waals surface area contributed by atoms with Gasteiger partial charge in [-0.25, -0.2) is 5.06 Å². The van der Waals surface area contributed by atoms with E-state index in [9.17, 15) is 9.59 Å². The van der Waals surface area contributed by atoms with Gasteiger partial charge < -0.3 is 5.32 Å². The maximum absolute atomic E-state index is 11.6. The first-order valence-electron chi connectivity index (χ1n) is 4.70. The van der Waals surface area contributed by atoms with E-state index in [-0.39, 0.29) is 18.4 Å². The summed E-state index contributed by atoms with van der Waals surface area (Å²) in [6, 6.07) is 3.60. The van der Waals surface area contributed by atoms with Crippen LogP contribution in [0.4, 0.5) is 0 Å². The highest BCUT2D eigenvalue weighted by Crippen LogP contribution is 2.14. The smallest absolute Gasteiger partial charge is 0.265 e. The van der Waals surface area contributed by atoms with Crippen molar-refractivity contribution in [2.75, 3.05) is 20.7 Å². The van der Waals surface area contributed by atoms with Crippen LogP contribution in [0.2, 0.25) is 0 Å². The number of rotatable bonds is 4. The van der Waals surface area contributed by atoms with E-state index < -0.39 is 0 Å². The zero-order valence-electron chi connectivity index (χ0n) is 9.44. The zero-order chi connectivity index (χ0) is 12.1. The molecule has 0 radical (unpaired) electrons. The first-order chi connectivity index (χ1) is 7.54. The van der Waals surface area contributed by atoms with Gasteiger partial charge >= 0.3 is 0 Å². The highest BCUT2D eigenvalue weighted by molar-refractivity contribution is 7.13. The third-order valence-electron chi connectivity index (χ3n) is 1.99. The van der Waals surface area contributed by atoms with Crippen molar-refractivity contribution < 1.29 is 14.4 Å². The van der Waals surface area contributed by atoms with Crippen LogP contribution in [0.5, 0.6) is 0 Å². The number of likely N-dealkylation sites (N-methyl/N-ethyl adjacent to an activating group) is 1. The summed E-state index contributed by atoms with van der Waals surface area (Å²) < 4.78 is 0. The van der Waals surface area contributed by atoms with Crippen molar-refractivity contribution in [3.63, 3.8) is 0 Å². The molecule has 1 N–H and O–H groups in total. The van der Waals surface area contributed by atoms with Gasteiger partial charge in [-0.1, -0.05) is 0 Å². The topological polar surface area (TPSA) is 58.6 Å². The van der Waals surface area contributed by atoms with Crippen LogP contribution < -0.4 is 5.32 Å². The van der Waals surface area contributed by atoms with Crippen molar-refractivity contribution in [3.8, 4) is 0 Å². The van der Waals surface area contributed by atoms with Crippen molar-refractivity contribution in [1.29, 1.82) is 0 Å². The molecular weight excluding hydrogens is 228 g/mol. The van der Waals surface area contributed by atoms with Crippen molar-refractivity contribution in [3.05, 3.63) is 21.9 Å². The van der Waals surface area contributed by atoms with Gasteiger partial charge in [-0.05, 0) is 19.1 Å². The van der Waals surface area contributed by atoms with Gasteiger partial charge in [0.15, 0.2) is 0 Å². The summed E-state index contributed by atoms with van der Waals surface area (Å²) in [7, 11) is 2.88. The number of carbonyl (C=O) groups is 2. The zero-order valence-corrected chi connectivity index (χ0v) is 10.3. The molecule has 16 heavy (non-hydrogen) atoms. The summed E-state index contributed by atoms with van der Waals surface area (Å²) in [5.41, 5.74) is 0. The first kappa shape index (κ1) is 12.7. The third kappa shape index (κ3) is 3.32. The van der Waals surface area contributed by atoms with Crippen LogP contribution >= 0.6 is 11.3 Å². The summed E-state index contributed by atoms with van der Waals surface area (Å²) in [6.07, 6.45) is 0. The van der Waals surface area contributed by atoms with Gasteiger partial charge in [0, 0.05) is 11.9 Å². The summed E-state index contributed by atoms with van der Waals surface area (Å²) in [5.74, 6) is -0.542. The van der Waals surface area contributed by atoms with Crippen LogP contribution in [0.3, 0.4) is 0 Å². The second-order valence-corrected chi connectivity index (χ2v) is 4.45. The second kappa shape index (κ2) is 5.62. The molecule has 0 saturated heterocycles. The number of amides is 2. The van der Waals surface area contributed by atoms with Crippen molar-refractivity contribution in [2.24, 2.45) is 0 Å². The van der Waals surface area contributed by atoms with Gasteiger partial charge in [-0.2, -0.15) is 0 Å². The van der Waals surface area contributed by atoms with E-state index in [4.69, 9.17) is 0 Å². The van der Waals surface area contributed by atoms with E-state index in [1.807, 2.05) is 13.0 Å². The Bertz CT molecular complexity index is 389. The number of aryl methyl sites for hydroxylation is 1. The number of hydroxylamine groups is 2. The molecule has 1 aromatic heterocycles. The number of nitrogens with zero attached hydrogens (tertiary/aromatic N) is 1. The van der Waals surface area contributed by atoms with E-state index in [0.717, 1.165) is 9.94 Å². The van der Waals surface area contributed by atoms with Crippen LogP contribution in [0.1, 0.15) is 14.5 Å². The highest BCUT2D eigenvalue weighted by atomic mass is 32.1. The van der Waals surface area contributed by atoms with E-state index in [2.05, 4.69) is 10.2 Å². The molecule has 0 aromatic carbocycles. The quantitative estimate of drug-likeness (QED) is 0.795. The molecule has 5 nitrogen and oxygen atoms in total. The molecule has 0 unspecified atom stereocenters. The lowest BCUT2D eigenvalue weighted by Gasteiger charge is -2.13. The fourth-order valence-electron chi connectivity index (χ4n) is 1.01. The molecule has 0 aliphatic carbocycles. The standard InChI is InChI=1S/C10H14N2O3S/c1-7-4-5-8(16-7)10(14)11-6-9(13)12(2)15-3/h4-5H,6H2,1-3H3,(H,11,14). The maximum atomic E-state index is 11.6. The Morgan fingerprint density at radius 2 is 2.19 bits per heavy atom. The van der Waals surface area contributed by atoms with Crippen molar-refractivity contribution >= 4 is 23.2 Å². The van der Waals surface area contributed by atoms with Crippen LogP contribution in [-0.2, 0) is 9.63 Å². The Labute approximate surface area is 98.0 Å². The molecule has 88 valence electrons. The van der Waals surface area contributed by atoms with Crippen LogP contribution in [0.25, 0.3) is 0 Å². The summed E-state index contributed by atoms with van der Waals surface area (Å²) in [4.78, 5) is 29.2. The highest BCUT2D eigenvalue weighted by Gasteiger charge is 2.12. The van der Waals surface area contributed by atoms with Gasteiger partial charge in [-0.15, -0.1) is 11.3 Å². The minimum absolute atomic E-state index is 0.0693. The molecule has 2 amide bonds. The molecule has 0 saturated carbocycles. The number of hydrogen-bond acceptors (Lipinski definition) is 4. The Kier molecular flexibility index (Phi) is 4.45. The molecule has 0 aliphatic heterocycles. The Morgan fingerprint density at radius 3 is 2.69 bits per heavy atom. The van der Waals surface area contributed by atoms with Crippen molar-refractivity contribution in [1.82, 2.24) is 10.4 Å². The summed E-state index contributed by atoms with van der Waals surface area (Å²) in [6.45, 7) is 1.85.